The first-order valence-corrected chi connectivity index (χ1v) is 43.6. The molecule has 0 radical (unpaired) electrons. The van der Waals surface area contributed by atoms with Crippen LogP contribution >= 0.6 is 35.3 Å². The fourth-order valence-corrected chi connectivity index (χ4v) is 17.3. The van der Waals surface area contributed by atoms with Gasteiger partial charge in [0, 0.05) is 146 Å². The summed E-state index contributed by atoms with van der Waals surface area (Å²) in [6, 6.07) is 0. The zero-order valence-electron chi connectivity index (χ0n) is 67.0. The maximum Gasteiger partial charge on any atom is 0.258 e. The Balaban J connectivity index is 0.000000239. The zero-order valence-corrected chi connectivity index (χ0v) is 69.4. The molecule has 0 N–H and O–H groups in total. The Morgan fingerprint density at radius 3 is 0.508 bits per heavy atom. The third kappa shape index (κ3) is 21.7. The maximum atomic E-state index is 13.3. The summed E-state index contributed by atoms with van der Waals surface area (Å²) in [6.07, 6.45) is 4.12. The van der Waals surface area contributed by atoms with E-state index in [0.29, 0.717) is 0 Å². The van der Waals surface area contributed by atoms with E-state index in [1.54, 1.807) is 18.8 Å². The van der Waals surface area contributed by atoms with Crippen LogP contribution in [0.1, 0.15) is 96.3 Å². The number of likely N-dealkylation sites (tertiary alicyclic amines) is 9. The van der Waals surface area contributed by atoms with Crippen LogP contribution in [0.3, 0.4) is 0 Å². The average Bonchev–Trinajstić information content (AvgIpc) is 1.70. The molecule has 45 heteroatoms. The SMILES string of the molecule is CSC1CC(=O)N(CCCN2C(=O)CC(OCC(COC3CC(=O)N(CCCN4C(=O)CC(SC)C4=O)C3=O)COC3CC(=O)N(CCCN4C(=O)CC(SC)C4=O)C3=O)C2=O)C1=O.O=C1C=CC(=O)N1CCCN1C(=O)CC(OCC(COC2CC(=O)N(CCCN3C(=O)C=CC3=O)C2=O)COC2CC(=O)N(CCCN3C(=O)C=CC3=O)C2=O)C1=O. The second kappa shape index (κ2) is 41.7. The molecule has 9 saturated heterocycles. The van der Waals surface area contributed by atoms with Gasteiger partial charge in [-0.3, -0.25) is 174 Å². The van der Waals surface area contributed by atoms with E-state index in [9.17, 15) is 115 Å². The lowest BCUT2D eigenvalue weighted by atomic mass is 10.1. The Kier molecular flexibility index (Phi) is 31.6. The van der Waals surface area contributed by atoms with E-state index < -0.39 is 171 Å². The number of carbonyl (C=O) groups excluding carboxylic acids is 24. The molecule has 122 heavy (non-hydrogen) atoms. The van der Waals surface area contributed by atoms with E-state index in [4.69, 9.17) is 28.4 Å². The Hall–Kier alpha value is -10.3. The van der Waals surface area contributed by atoms with Crippen molar-refractivity contribution in [2.45, 2.75) is 149 Å². The summed E-state index contributed by atoms with van der Waals surface area (Å²) in [5.74, 6) is -13.5. The predicted octanol–water partition coefficient (Wildman–Crippen LogP) is -4.34. The number of hydrogen-bond acceptors (Lipinski definition) is 33. The van der Waals surface area contributed by atoms with Gasteiger partial charge in [0.05, 0.1) is 93.9 Å². The van der Waals surface area contributed by atoms with Crippen molar-refractivity contribution in [1.29, 1.82) is 0 Å². The highest BCUT2D eigenvalue weighted by atomic mass is 32.2. The Labute approximate surface area is 709 Å². The second-order valence-electron chi connectivity index (χ2n) is 30.2. The van der Waals surface area contributed by atoms with Crippen LogP contribution in [-0.4, -0.2) is 390 Å². The first kappa shape index (κ1) is 92.4. The smallest absolute Gasteiger partial charge is 0.258 e. The molecule has 0 bridgehead atoms. The van der Waals surface area contributed by atoms with Crippen LogP contribution < -0.4 is 0 Å². The minimum absolute atomic E-state index is 0.00577. The van der Waals surface area contributed by atoms with Gasteiger partial charge >= 0.3 is 0 Å². The van der Waals surface area contributed by atoms with Gasteiger partial charge in [-0.25, -0.2) is 0 Å². The van der Waals surface area contributed by atoms with Crippen LogP contribution in [0.2, 0.25) is 0 Å². The Morgan fingerprint density at radius 1 is 0.221 bits per heavy atom. The number of rotatable bonds is 45. The third-order valence-electron chi connectivity index (χ3n) is 22.2. The van der Waals surface area contributed by atoms with Crippen LogP contribution in [0.4, 0.5) is 0 Å². The monoisotopic (exact) mass is 1760 g/mol. The molecule has 0 aliphatic carbocycles. The summed E-state index contributed by atoms with van der Waals surface area (Å²) in [7, 11) is 0. The van der Waals surface area contributed by atoms with Crippen molar-refractivity contribution in [2.75, 3.05) is 137 Å². The number of ether oxygens (including phenoxy) is 6. The summed E-state index contributed by atoms with van der Waals surface area (Å²) < 4.78 is 35.3. The van der Waals surface area contributed by atoms with Gasteiger partial charge in [0.15, 0.2) is 0 Å². The van der Waals surface area contributed by atoms with Gasteiger partial charge in [-0.2, -0.15) is 35.3 Å². The molecular weight excluding hydrogens is 1670 g/mol. The van der Waals surface area contributed by atoms with Crippen molar-refractivity contribution in [3.05, 3.63) is 36.5 Å². The molecule has 0 aromatic carbocycles. The average molecular weight is 1760 g/mol. The Bertz CT molecular complexity index is 3940. The number of amides is 24. The molecule has 12 heterocycles. The number of thioether (sulfide) groups is 3. The van der Waals surface area contributed by atoms with Crippen molar-refractivity contribution >= 4 is 177 Å². The first-order valence-electron chi connectivity index (χ1n) is 39.8. The molecule has 9 fully saturated rings. The summed E-state index contributed by atoms with van der Waals surface area (Å²) in [5, 5.41) is -1.38. The van der Waals surface area contributed by atoms with E-state index in [-0.39, 0.29) is 250 Å². The van der Waals surface area contributed by atoms with Gasteiger partial charge in [-0.1, -0.05) is 0 Å². The highest BCUT2D eigenvalue weighted by molar-refractivity contribution is 8.00. The molecule has 12 aliphatic rings. The molecule has 0 spiro atoms. The summed E-state index contributed by atoms with van der Waals surface area (Å²) in [4.78, 5) is 314. The molecule has 9 unspecified atom stereocenters. The zero-order chi connectivity index (χ0) is 88.1. The van der Waals surface area contributed by atoms with Crippen molar-refractivity contribution in [2.24, 2.45) is 11.8 Å². The molecule has 12 aliphatic heterocycles. The van der Waals surface area contributed by atoms with Crippen LogP contribution in [0.15, 0.2) is 36.5 Å². The van der Waals surface area contributed by atoms with Crippen LogP contribution in [0.5, 0.6) is 0 Å². The third-order valence-corrected chi connectivity index (χ3v) is 25.0. The quantitative estimate of drug-likeness (QED) is 0.0520. The van der Waals surface area contributed by atoms with Crippen LogP contribution in [0, 0.1) is 11.8 Å². The number of hydrogen-bond donors (Lipinski definition) is 0. The molecule has 9 atom stereocenters. The fourth-order valence-electron chi connectivity index (χ4n) is 15.4. The largest absolute Gasteiger partial charge is 0.367 e. The van der Waals surface area contributed by atoms with E-state index >= 15 is 0 Å². The van der Waals surface area contributed by atoms with Crippen molar-refractivity contribution in [1.82, 2.24) is 58.8 Å². The lowest BCUT2D eigenvalue weighted by Gasteiger charge is -2.23. The van der Waals surface area contributed by atoms with E-state index in [1.807, 2.05) is 0 Å². The molecule has 24 amide bonds. The highest BCUT2D eigenvalue weighted by Crippen LogP contribution is 2.31. The van der Waals surface area contributed by atoms with Crippen LogP contribution in [0.25, 0.3) is 0 Å². The van der Waals surface area contributed by atoms with Crippen LogP contribution in [-0.2, 0) is 143 Å². The number of imide groups is 12. The molecule has 0 aromatic rings. The minimum Gasteiger partial charge on any atom is -0.367 e. The predicted molar refractivity (Wildman–Crippen MR) is 415 cm³/mol. The fraction of sp³-hybridized carbons (Fsp3) is 0.610. The first-order chi connectivity index (χ1) is 58.3. The molecule has 12 rings (SSSR count). The van der Waals surface area contributed by atoms with E-state index in [0.717, 1.165) is 95.3 Å². The number of carbonyl (C=O) groups is 24. The van der Waals surface area contributed by atoms with Gasteiger partial charge < -0.3 is 28.4 Å². The van der Waals surface area contributed by atoms with Crippen molar-refractivity contribution < 1.29 is 143 Å². The standard InChI is InChI=1S/C40H52N6O15S3.C37H40N6O15/c1-62-26-16-32(50)44(38(26)56)10-4-7-41-29(47)13-23(35(41)53)59-19-22(20-60-24-14-30(48)42(36(24)54)8-5-11-45-33(51)17-27(63-2)39(45)57)21-61-25-15-31(49)43(37(25)55)9-6-12-46-34(52)18-28(64-3)40(46)58;44-26-4-5-27(45)38(26)10-1-13-41-32(50)16-23(35(41)53)56-19-22(20-57-24-17-33(51)42(36(24)54)14-2-11-39-28(46)6-7-29(39)47)21-58-25-18-34(52)43(37(25)55)15-3-12-40-30(48)8-9-31(40)49/h22-28H,4-21H2,1-3H3;4-9,22-25H,1-3,10-21H2. The minimum atomic E-state index is -1.21. The van der Waals surface area contributed by atoms with E-state index in [1.165, 1.54) is 35.3 Å². The second-order valence-corrected chi connectivity index (χ2v) is 33.4. The molecule has 42 nitrogen and oxygen atoms in total. The van der Waals surface area contributed by atoms with Crippen molar-refractivity contribution in [3.63, 3.8) is 0 Å². The summed E-state index contributed by atoms with van der Waals surface area (Å²) >= 11 is 3.83. The molecule has 0 aromatic heterocycles. The topological polar surface area (TPSA) is 504 Å². The van der Waals surface area contributed by atoms with Gasteiger partial charge in [0.2, 0.25) is 70.9 Å². The van der Waals surface area contributed by atoms with Gasteiger partial charge in [0.25, 0.3) is 70.9 Å². The lowest BCUT2D eigenvalue weighted by Crippen LogP contribution is -2.39. The van der Waals surface area contributed by atoms with E-state index in [2.05, 4.69) is 0 Å². The van der Waals surface area contributed by atoms with Gasteiger partial charge in [-0.15, -0.1) is 0 Å². The van der Waals surface area contributed by atoms with Crippen molar-refractivity contribution in [3.8, 4) is 0 Å². The van der Waals surface area contributed by atoms with Gasteiger partial charge in [-0.05, 0) is 57.3 Å². The molecule has 658 valence electrons. The normalized spacial score (nSPS) is 25.7. The van der Waals surface area contributed by atoms with Gasteiger partial charge in [0.1, 0.15) is 36.6 Å². The number of nitrogens with zero attached hydrogens (tertiary/aromatic N) is 12. The summed E-state index contributed by atoms with van der Waals surface area (Å²) in [6.45, 7) is -1.94. The molecular formula is C77H92N12O30S3. The summed E-state index contributed by atoms with van der Waals surface area (Å²) in [5.41, 5.74) is 0. The highest BCUT2D eigenvalue weighted by Gasteiger charge is 2.49. The molecule has 0 saturated carbocycles. The lowest BCUT2D eigenvalue weighted by molar-refractivity contribution is -0.148. The Morgan fingerprint density at radius 2 is 0.361 bits per heavy atom. The maximum absolute atomic E-state index is 13.3.